The molecule has 1 heterocycles. The van der Waals surface area contributed by atoms with Crippen LogP contribution in [0.5, 0.6) is 5.75 Å². The third-order valence-corrected chi connectivity index (χ3v) is 3.64. The van der Waals surface area contributed by atoms with Crippen LogP contribution in [0.3, 0.4) is 0 Å². The first-order chi connectivity index (χ1) is 9.32. The van der Waals surface area contributed by atoms with Crippen molar-refractivity contribution >= 4 is 5.91 Å². The van der Waals surface area contributed by atoms with Crippen molar-refractivity contribution < 1.29 is 14.6 Å². The Balaban J connectivity index is 2.40. The van der Waals surface area contributed by atoms with E-state index < -0.39 is 6.10 Å². The van der Waals surface area contributed by atoms with Gasteiger partial charge in [0, 0.05) is 18.9 Å². The second-order valence-electron chi connectivity index (χ2n) is 6.04. The summed E-state index contributed by atoms with van der Waals surface area (Å²) >= 11 is 0. The second-order valence-corrected chi connectivity index (χ2v) is 6.04. The molecule has 0 bridgehead atoms. The summed E-state index contributed by atoms with van der Waals surface area (Å²) in [5.41, 5.74) is 1.50. The van der Waals surface area contributed by atoms with Crippen molar-refractivity contribution in [3.63, 3.8) is 0 Å². The van der Waals surface area contributed by atoms with Crippen LogP contribution < -0.4 is 10.1 Å². The molecule has 0 aromatic heterocycles. The van der Waals surface area contributed by atoms with E-state index in [9.17, 15) is 9.90 Å². The summed E-state index contributed by atoms with van der Waals surface area (Å²) in [6, 6.07) is 5.65. The number of hydrogen-bond donors (Lipinski definition) is 2. The van der Waals surface area contributed by atoms with Crippen LogP contribution in [0.1, 0.15) is 63.8 Å². The Morgan fingerprint density at radius 2 is 2.25 bits per heavy atom. The molecular weight excluding hydrogens is 254 g/mol. The maximum absolute atomic E-state index is 11.4. The van der Waals surface area contributed by atoms with Crippen molar-refractivity contribution in [2.45, 2.75) is 58.3 Å². The number of rotatable bonds is 3. The highest BCUT2D eigenvalue weighted by atomic mass is 16.5. The number of aliphatic hydroxyl groups is 1. The van der Waals surface area contributed by atoms with Gasteiger partial charge in [-0.3, -0.25) is 4.79 Å². The van der Waals surface area contributed by atoms with Crippen LogP contribution in [0.15, 0.2) is 18.2 Å². The monoisotopic (exact) mass is 277 g/mol. The van der Waals surface area contributed by atoms with Crippen LogP contribution in [0.2, 0.25) is 0 Å². The van der Waals surface area contributed by atoms with E-state index >= 15 is 0 Å². The van der Waals surface area contributed by atoms with Crippen molar-refractivity contribution in [1.29, 1.82) is 0 Å². The average Bonchev–Trinajstić information content (AvgIpc) is 2.35. The zero-order valence-electron chi connectivity index (χ0n) is 12.6. The topological polar surface area (TPSA) is 58.6 Å². The highest BCUT2D eigenvalue weighted by Crippen LogP contribution is 2.40. The minimum Gasteiger partial charge on any atom is -0.487 e. The van der Waals surface area contributed by atoms with E-state index in [4.69, 9.17) is 4.74 Å². The van der Waals surface area contributed by atoms with Gasteiger partial charge in [-0.15, -0.1) is 0 Å². The Kier molecular flexibility index (Phi) is 4.04. The minimum atomic E-state index is -0.479. The van der Waals surface area contributed by atoms with Gasteiger partial charge in [0.15, 0.2) is 0 Å². The summed E-state index contributed by atoms with van der Waals surface area (Å²) in [5, 5.41) is 13.0. The zero-order valence-corrected chi connectivity index (χ0v) is 12.6. The van der Waals surface area contributed by atoms with Gasteiger partial charge in [-0.2, -0.15) is 0 Å². The normalized spacial score (nSPS) is 21.6. The zero-order chi connectivity index (χ0) is 14.9. The van der Waals surface area contributed by atoms with Crippen LogP contribution in [0.25, 0.3) is 0 Å². The summed E-state index contributed by atoms with van der Waals surface area (Å²) < 4.78 is 5.97. The molecule has 1 aliphatic rings. The van der Waals surface area contributed by atoms with E-state index in [0.29, 0.717) is 12.8 Å². The van der Waals surface area contributed by atoms with E-state index in [2.05, 4.69) is 5.32 Å². The van der Waals surface area contributed by atoms with Gasteiger partial charge < -0.3 is 15.2 Å². The molecule has 1 amide bonds. The Morgan fingerprint density at radius 1 is 1.55 bits per heavy atom. The van der Waals surface area contributed by atoms with Gasteiger partial charge in [-0.1, -0.05) is 13.0 Å². The lowest BCUT2D eigenvalue weighted by Gasteiger charge is -2.38. The first-order valence-electron chi connectivity index (χ1n) is 7.10. The predicted molar refractivity (Wildman–Crippen MR) is 77.6 cm³/mol. The Hall–Kier alpha value is -1.55. The third-order valence-electron chi connectivity index (χ3n) is 3.64. The van der Waals surface area contributed by atoms with Gasteiger partial charge in [0.05, 0.1) is 12.1 Å². The Labute approximate surface area is 120 Å². The van der Waals surface area contributed by atoms with Crippen molar-refractivity contribution in [2.24, 2.45) is 0 Å². The van der Waals surface area contributed by atoms with Gasteiger partial charge in [0.25, 0.3) is 0 Å². The smallest absolute Gasteiger partial charge is 0.217 e. The van der Waals surface area contributed by atoms with Gasteiger partial charge in [-0.25, -0.2) is 0 Å². The Bertz CT molecular complexity index is 510. The highest BCUT2D eigenvalue weighted by molar-refractivity contribution is 5.73. The molecule has 1 aliphatic heterocycles. The van der Waals surface area contributed by atoms with Crippen LogP contribution in [0, 0.1) is 0 Å². The average molecular weight is 277 g/mol. The summed E-state index contributed by atoms with van der Waals surface area (Å²) in [6.45, 7) is 7.49. The Morgan fingerprint density at radius 3 is 2.85 bits per heavy atom. The lowest BCUT2D eigenvalue weighted by Crippen LogP contribution is -2.40. The van der Waals surface area contributed by atoms with Gasteiger partial charge in [0.2, 0.25) is 5.91 Å². The molecule has 1 aromatic rings. The molecule has 110 valence electrons. The maximum atomic E-state index is 11.4. The van der Waals surface area contributed by atoms with Crippen LogP contribution in [-0.4, -0.2) is 16.6 Å². The predicted octanol–water partition coefficient (Wildman–Crippen LogP) is 2.87. The fourth-order valence-electron chi connectivity index (χ4n) is 2.69. The van der Waals surface area contributed by atoms with E-state index in [1.165, 1.54) is 6.92 Å². The molecule has 0 radical (unpaired) electrons. The molecule has 0 saturated heterocycles. The molecule has 2 unspecified atom stereocenters. The number of fused-ring (bicyclic) bond motifs is 1. The van der Waals surface area contributed by atoms with Gasteiger partial charge >= 0.3 is 0 Å². The summed E-state index contributed by atoms with van der Waals surface area (Å²) in [6.07, 6.45) is 0.898. The molecule has 0 fully saturated rings. The molecule has 2 atom stereocenters. The molecule has 0 aliphatic carbocycles. The van der Waals surface area contributed by atoms with Crippen molar-refractivity contribution in [3.05, 3.63) is 29.3 Å². The van der Waals surface area contributed by atoms with E-state index in [1.54, 1.807) is 0 Å². The first-order valence-corrected chi connectivity index (χ1v) is 7.10. The van der Waals surface area contributed by atoms with Crippen LogP contribution in [0.4, 0.5) is 0 Å². The molecule has 0 spiro atoms. The standard InChI is InChI=1S/C16H23NO3/c1-5-14(19)11-6-7-15-12(8-11)13(17-10(2)18)9-16(3,4)20-15/h6-8,13-14,19H,5,9H2,1-4H3,(H,17,18). The van der Waals surface area contributed by atoms with Gasteiger partial charge in [-0.05, 0) is 38.0 Å². The highest BCUT2D eigenvalue weighted by Gasteiger charge is 2.34. The fraction of sp³-hybridized carbons (Fsp3) is 0.562. The molecule has 2 rings (SSSR count). The lowest BCUT2D eigenvalue weighted by molar-refractivity contribution is -0.120. The second kappa shape index (κ2) is 5.44. The fourth-order valence-corrected chi connectivity index (χ4v) is 2.69. The maximum Gasteiger partial charge on any atom is 0.217 e. The van der Waals surface area contributed by atoms with E-state index in [1.807, 2.05) is 39.0 Å². The number of amides is 1. The number of benzene rings is 1. The lowest BCUT2D eigenvalue weighted by atomic mass is 9.88. The number of carbonyl (C=O) groups is 1. The first kappa shape index (κ1) is 14.9. The number of nitrogens with one attached hydrogen (secondary N) is 1. The molecule has 4 nitrogen and oxygen atoms in total. The molecule has 0 saturated carbocycles. The number of aliphatic hydroxyl groups excluding tert-OH is 1. The van der Waals surface area contributed by atoms with Gasteiger partial charge in [0.1, 0.15) is 11.4 Å². The summed E-state index contributed by atoms with van der Waals surface area (Å²) in [7, 11) is 0. The molecule has 20 heavy (non-hydrogen) atoms. The van der Waals surface area contributed by atoms with Crippen molar-refractivity contribution in [2.75, 3.05) is 0 Å². The summed E-state index contributed by atoms with van der Waals surface area (Å²) in [4.78, 5) is 11.4. The van der Waals surface area contributed by atoms with Crippen LogP contribution >= 0.6 is 0 Å². The van der Waals surface area contributed by atoms with Crippen LogP contribution in [-0.2, 0) is 4.79 Å². The van der Waals surface area contributed by atoms with E-state index in [0.717, 1.165) is 16.9 Å². The number of carbonyl (C=O) groups excluding carboxylic acids is 1. The van der Waals surface area contributed by atoms with E-state index in [-0.39, 0.29) is 17.6 Å². The quantitative estimate of drug-likeness (QED) is 0.893. The number of ether oxygens (including phenoxy) is 1. The van der Waals surface area contributed by atoms with Crippen molar-refractivity contribution in [1.82, 2.24) is 5.32 Å². The molecule has 2 N–H and O–H groups in total. The summed E-state index contributed by atoms with van der Waals surface area (Å²) in [5.74, 6) is 0.729. The molecular formula is C16H23NO3. The minimum absolute atomic E-state index is 0.0555. The largest absolute Gasteiger partial charge is 0.487 e. The number of hydrogen-bond acceptors (Lipinski definition) is 3. The molecule has 1 aromatic carbocycles. The molecule has 4 heteroatoms. The SMILES string of the molecule is CCC(O)c1ccc2c(c1)C(NC(C)=O)CC(C)(C)O2. The third kappa shape index (κ3) is 3.12. The van der Waals surface area contributed by atoms with Crippen molar-refractivity contribution in [3.8, 4) is 5.75 Å².